The topological polar surface area (TPSA) is 69.7 Å². The Kier molecular flexibility index (Phi) is 8.24. The maximum Gasteiger partial charge on any atom is 0.311 e. The van der Waals surface area contributed by atoms with E-state index in [9.17, 15) is 17.6 Å². The number of esters is 1. The first-order valence-electron chi connectivity index (χ1n) is 12.7. The predicted molar refractivity (Wildman–Crippen MR) is 152 cm³/mol. The third-order valence-electron chi connectivity index (χ3n) is 7.06. The van der Waals surface area contributed by atoms with E-state index in [0.717, 1.165) is 5.56 Å². The summed E-state index contributed by atoms with van der Waals surface area (Å²) < 4.78 is 53.8. The van der Waals surface area contributed by atoms with Crippen LogP contribution < -0.4 is 4.74 Å². The van der Waals surface area contributed by atoms with Gasteiger partial charge in [0, 0.05) is 17.5 Å². The van der Waals surface area contributed by atoms with Gasteiger partial charge in [-0.2, -0.15) is 0 Å². The fraction of sp³-hybridized carbons (Fsp3) is 0.323. The summed E-state index contributed by atoms with van der Waals surface area (Å²) in [6, 6.07) is 16.6. The minimum absolute atomic E-state index is 0.162. The van der Waals surface area contributed by atoms with Crippen molar-refractivity contribution >= 4 is 39.1 Å². The fourth-order valence-corrected chi connectivity index (χ4v) is 7.36. The summed E-state index contributed by atoms with van der Waals surface area (Å²) in [7, 11) is -2.49. The maximum absolute atomic E-state index is 14.5. The summed E-state index contributed by atoms with van der Waals surface area (Å²) >= 11 is 6.26. The quantitative estimate of drug-likeness (QED) is 0.216. The van der Waals surface area contributed by atoms with Crippen molar-refractivity contribution in [3.63, 3.8) is 0 Å². The number of allylic oxidation sites excluding steroid dienone is 1. The van der Waals surface area contributed by atoms with Crippen molar-refractivity contribution in [3.05, 3.63) is 93.8 Å². The van der Waals surface area contributed by atoms with E-state index in [4.69, 9.17) is 21.1 Å². The minimum Gasteiger partial charge on any atom is -0.490 e. The summed E-state index contributed by atoms with van der Waals surface area (Å²) in [6.45, 7) is 7.11. The third kappa shape index (κ3) is 6.04. The Balaban J connectivity index is 1.80. The Morgan fingerprint density at radius 2 is 1.87 bits per heavy atom. The van der Waals surface area contributed by atoms with Crippen LogP contribution in [-0.2, 0) is 19.4 Å². The van der Waals surface area contributed by atoms with Gasteiger partial charge in [-0.3, -0.25) is 4.79 Å². The van der Waals surface area contributed by atoms with Crippen molar-refractivity contribution in [2.24, 2.45) is 5.41 Å². The number of carbonyl (C=O) groups excluding carboxylic acids is 1. The lowest BCUT2D eigenvalue weighted by molar-refractivity contribution is -0.152. The molecule has 1 heterocycles. The zero-order valence-electron chi connectivity index (χ0n) is 22.6. The Morgan fingerprint density at radius 1 is 1.15 bits per heavy atom. The number of halogens is 2. The van der Waals surface area contributed by atoms with Gasteiger partial charge < -0.3 is 9.47 Å². The van der Waals surface area contributed by atoms with Gasteiger partial charge in [-0.1, -0.05) is 41.9 Å². The molecular weight excluding hydrogens is 539 g/mol. The van der Waals surface area contributed by atoms with Crippen LogP contribution in [-0.4, -0.2) is 27.6 Å². The smallest absolute Gasteiger partial charge is 0.311 e. The molecule has 1 aliphatic rings. The van der Waals surface area contributed by atoms with Crippen LogP contribution >= 0.6 is 11.6 Å². The van der Waals surface area contributed by atoms with Crippen LogP contribution in [0.2, 0.25) is 5.02 Å². The SMILES string of the molecule is COC(=O)C(C)(C)C[C@H]1C[C@H](S(=O)(=O)c2cccc(C)c2)c2cc(/C=C(\C)c3c(F)cccc3Cl)ccc2O1. The molecule has 0 radical (unpaired) electrons. The lowest BCUT2D eigenvalue weighted by Gasteiger charge is -2.35. The van der Waals surface area contributed by atoms with E-state index in [-0.39, 0.29) is 17.7 Å². The van der Waals surface area contributed by atoms with Gasteiger partial charge in [-0.05, 0) is 87.2 Å². The molecule has 3 aromatic carbocycles. The Morgan fingerprint density at radius 3 is 2.54 bits per heavy atom. The molecule has 206 valence electrons. The highest BCUT2D eigenvalue weighted by Gasteiger charge is 2.41. The molecule has 0 aromatic heterocycles. The van der Waals surface area contributed by atoms with Crippen LogP contribution in [0.4, 0.5) is 4.39 Å². The second kappa shape index (κ2) is 11.1. The Labute approximate surface area is 234 Å². The minimum atomic E-state index is -3.82. The lowest BCUT2D eigenvalue weighted by atomic mass is 9.84. The van der Waals surface area contributed by atoms with Gasteiger partial charge in [0.2, 0.25) is 0 Å². The molecule has 0 unspecified atom stereocenters. The molecule has 0 spiro atoms. The van der Waals surface area contributed by atoms with Gasteiger partial charge in [0.15, 0.2) is 9.84 Å². The van der Waals surface area contributed by atoms with E-state index in [0.29, 0.717) is 33.0 Å². The highest BCUT2D eigenvalue weighted by molar-refractivity contribution is 7.91. The van der Waals surface area contributed by atoms with Crippen molar-refractivity contribution < 1.29 is 27.1 Å². The van der Waals surface area contributed by atoms with E-state index >= 15 is 0 Å². The maximum atomic E-state index is 14.5. The van der Waals surface area contributed by atoms with Gasteiger partial charge in [0.1, 0.15) is 17.7 Å². The van der Waals surface area contributed by atoms with Crippen LogP contribution in [0.5, 0.6) is 5.75 Å². The second-order valence-electron chi connectivity index (χ2n) is 10.6. The first-order valence-corrected chi connectivity index (χ1v) is 14.6. The summed E-state index contributed by atoms with van der Waals surface area (Å²) in [5, 5.41) is -0.617. The molecule has 0 fully saturated rings. The largest absolute Gasteiger partial charge is 0.490 e. The number of aryl methyl sites for hydroxylation is 1. The molecule has 3 aromatic rings. The molecule has 0 aliphatic carbocycles. The van der Waals surface area contributed by atoms with Gasteiger partial charge in [-0.25, -0.2) is 12.8 Å². The predicted octanol–water partition coefficient (Wildman–Crippen LogP) is 7.60. The Hall–Kier alpha value is -3.16. The number of carbonyl (C=O) groups is 1. The van der Waals surface area contributed by atoms with Crippen LogP contribution in [0.1, 0.15) is 61.1 Å². The van der Waals surface area contributed by atoms with Gasteiger partial charge in [-0.15, -0.1) is 0 Å². The highest BCUT2D eigenvalue weighted by Crippen LogP contribution is 2.45. The first-order chi connectivity index (χ1) is 18.3. The molecule has 5 nitrogen and oxygen atoms in total. The zero-order chi connectivity index (χ0) is 28.5. The van der Waals surface area contributed by atoms with E-state index < -0.39 is 38.4 Å². The van der Waals surface area contributed by atoms with Gasteiger partial charge >= 0.3 is 5.97 Å². The molecule has 4 rings (SSSR count). The van der Waals surface area contributed by atoms with Gasteiger partial charge in [0.25, 0.3) is 0 Å². The molecule has 0 bridgehead atoms. The fourth-order valence-electron chi connectivity index (χ4n) is 5.11. The molecule has 2 atom stereocenters. The normalized spacial score (nSPS) is 17.8. The number of ether oxygens (including phenoxy) is 2. The molecule has 0 N–H and O–H groups in total. The van der Waals surface area contributed by atoms with Crippen molar-refractivity contribution in [3.8, 4) is 5.75 Å². The summed E-state index contributed by atoms with van der Waals surface area (Å²) in [5.74, 6) is -0.391. The van der Waals surface area contributed by atoms with Crippen molar-refractivity contribution in [2.45, 2.75) is 56.8 Å². The number of rotatable bonds is 7. The highest BCUT2D eigenvalue weighted by atomic mass is 35.5. The summed E-state index contributed by atoms with van der Waals surface area (Å²) in [4.78, 5) is 12.6. The number of fused-ring (bicyclic) bond motifs is 1. The number of hydrogen-bond acceptors (Lipinski definition) is 5. The van der Waals surface area contributed by atoms with Crippen LogP contribution in [0.15, 0.2) is 65.6 Å². The number of benzene rings is 3. The van der Waals surface area contributed by atoms with Crippen molar-refractivity contribution in [1.29, 1.82) is 0 Å². The van der Waals surface area contributed by atoms with Crippen LogP contribution in [0.25, 0.3) is 11.6 Å². The standard InChI is InChI=1S/C31H32ClFO5S/c1-19-8-6-9-23(14-19)39(35,36)28-17-22(18-31(3,4)30(34)37-5)38-27-13-12-21(16-24(27)28)15-20(2)29-25(32)10-7-11-26(29)33/h6-16,22,28H,17-18H2,1-5H3/b20-15+/t22-,28+/m1/s1. The van der Waals surface area contributed by atoms with Gasteiger partial charge in [0.05, 0.1) is 27.7 Å². The van der Waals surface area contributed by atoms with E-state index in [1.165, 1.54) is 13.2 Å². The molecule has 0 saturated heterocycles. The number of sulfone groups is 1. The zero-order valence-corrected chi connectivity index (χ0v) is 24.2. The third-order valence-corrected chi connectivity index (χ3v) is 9.48. The molecule has 0 amide bonds. The van der Waals surface area contributed by atoms with E-state index in [1.807, 2.05) is 13.0 Å². The lowest BCUT2D eigenvalue weighted by Crippen LogP contribution is -2.36. The van der Waals surface area contributed by atoms with E-state index in [2.05, 4.69) is 0 Å². The first kappa shape index (κ1) is 28.8. The summed E-state index contributed by atoms with van der Waals surface area (Å²) in [5.41, 5.74) is 2.07. The van der Waals surface area contributed by atoms with Crippen molar-refractivity contribution in [1.82, 2.24) is 0 Å². The monoisotopic (exact) mass is 570 g/mol. The molecule has 8 heteroatoms. The average Bonchev–Trinajstić information content (AvgIpc) is 2.87. The molecule has 39 heavy (non-hydrogen) atoms. The van der Waals surface area contributed by atoms with Crippen molar-refractivity contribution in [2.75, 3.05) is 7.11 Å². The molecule has 0 saturated carbocycles. The molecular formula is C31H32ClFO5S. The number of methoxy groups -OCH3 is 1. The average molecular weight is 571 g/mol. The van der Waals surface area contributed by atoms with Crippen LogP contribution in [0, 0.1) is 18.2 Å². The van der Waals surface area contributed by atoms with E-state index in [1.54, 1.807) is 75.4 Å². The summed E-state index contributed by atoms with van der Waals surface area (Å²) in [6.07, 6.45) is 1.69. The second-order valence-corrected chi connectivity index (χ2v) is 13.2. The van der Waals surface area contributed by atoms with Crippen LogP contribution in [0.3, 0.4) is 0 Å². The Bertz CT molecular complexity index is 1520. The number of hydrogen-bond donors (Lipinski definition) is 0. The molecule has 1 aliphatic heterocycles.